The van der Waals surface area contributed by atoms with Gasteiger partial charge >= 0.3 is 0 Å². The first-order valence-corrected chi connectivity index (χ1v) is 6.49. The van der Waals surface area contributed by atoms with Crippen molar-refractivity contribution in [3.8, 4) is 0 Å². The fourth-order valence-corrected chi connectivity index (χ4v) is 2.88. The second-order valence-electron chi connectivity index (χ2n) is 4.32. The first-order chi connectivity index (χ1) is 7.29. The van der Waals surface area contributed by atoms with Crippen molar-refractivity contribution in [1.82, 2.24) is 9.88 Å². The number of aromatic nitrogens is 1. The summed E-state index contributed by atoms with van der Waals surface area (Å²) in [6.07, 6.45) is 2.52. The molecule has 1 aromatic rings. The molecular weight excluding hydrogens is 242 g/mol. The fraction of sp³-hybridized carbons (Fsp3) is 0.727. The topological polar surface area (TPSA) is 42.2 Å². The van der Waals surface area contributed by atoms with Gasteiger partial charge in [0.25, 0.3) is 0 Å². The van der Waals surface area contributed by atoms with Gasteiger partial charge in [-0.25, -0.2) is 4.98 Å². The second-order valence-corrected chi connectivity index (χ2v) is 5.26. The number of hydrogen-bond donors (Lipinski definition) is 1. The molecule has 16 heavy (non-hydrogen) atoms. The molecule has 1 aromatic heterocycles. The molecule has 0 amide bonds. The molecule has 1 aliphatic rings. The highest BCUT2D eigenvalue weighted by Crippen LogP contribution is 2.20. The molecule has 2 N–H and O–H groups in total. The number of nitrogens with zero attached hydrogens (tertiary/aromatic N) is 2. The van der Waals surface area contributed by atoms with Crippen LogP contribution in [0, 0.1) is 12.8 Å². The summed E-state index contributed by atoms with van der Waals surface area (Å²) in [5, 5.41) is 0. The molecule has 1 saturated heterocycles. The summed E-state index contributed by atoms with van der Waals surface area (Å²) in [5.41, 5.74) is 8.82. The smallest absolute Gasteiger partial charge is 0.0798 e. The third-order valence-corrected chi connectivity index (χ3v) is 4.17. The number of likely N-dealkylation sites (tertiary alicyclic amines) is 1. The summed E-state index contributed by atoms with van der Waals surface area (Å²) in [5.74, 6) is 0.754. The van der Waals surface area contributed by atoms with Crippen molar-refractivity contribution in [1.29, 1.82) is 0 Å². The van der Waals surface area contributed by atoms with Gasteiger partial charge in [0.15, 0.2) is 0 Å². The number of nitrogens with two attached hydrogens (primary N) is 1. The van der Waals surface area contributed by atoms with E-state index in [1.807, 2.05) is 5.51 Å². The minimum absolute atomic E-state index is 0. The number of piperidine rings is 1. The van der Waals surface area contributed by atoms with Crippen LogP contribution < -0.4 is 5.73 Å². The Morgan fingerprint density at radius 1 is 1.50 bits per heavy atom. The first-order valence-electron chi connectivity index (χ1n) is 5.61. The summed E-state index contributed by atoms with van der Waals surface area (Å²) < 4.78 is 0. The molecule has 2 heterocycles. The first kappa shape index (κ1) is 13.9. The Labute approximate surface area is 107 Å². The molecule has 0 saturated carbocycles. The van der Waals surface area contributed by atoms with Gasteiger partial charge in [0, 0.05) is 11.4 Å². The monoisotopic (exact) mass is 261 g/mol. The maximum absolute atomic E-state index is 5.68. The Morgan fingerprint density at radius 3 is 2.69 bits per heavy atom. The van der Waals surface area contributed by atoms with Crippen molar-refractivity contribution in [2.24, 2.45) is 11.7 Å². The lowest BCUT2D eigenvalue weighted by Crippen LogP contribution is -2.35. The van der Waals surface area contributed by atoms with Crippen LogP contribution in [0.5, 0.6) is 0 Å². The van der Waals surface area contributed by atoms with Crippen LogP contribution >= 0.6 is 23.7 Å². The van der Waals surface area contributed by atoms with E-state index in [2.05, 4.69) is 16.8 Å². The third kappa shape index (κ3) is 3.42. The summed E-state index contributed by atoms with van der Waals surface area (Å²) >= 11 is 1.77. The molecule has 0 unspecified atom stereocenters. The normalized spacial score (nSPS) is 18.4. The van der Waals surface area contributed by atoms with Crippen molar-refractivity contribution >= 4 is 23.7 Å². The van der Waals surface area contributed by atoms with Gasteiger partial charge in [-0.05, 0) is 45.3 Å². The zero-order chi connectivity index (χ0) is 10.7. The lowest BCUT2D eigenvalue weighted by molar-refractivity contribution is 0.181. The minimum Gasteiger partial charge on any atom is -0.330 e. The van der Waals surface area contributed by atoms with Gasteiger partial charge in [-0.15, -0.1) is 23.7 Å². The van der Waals surface area contributed by atoms with E-state index in [1.54, 1.807) is 11.3 Å². The number of rotatable bonds is 3. The molecule has 0 atom stereocenters. The zero-order valence-electron chi connectivity index (χ0n) is 9.69. The van der Waals surface area contributed by atoms with E-state index in [0.29, 0.717) is 0 Å². The van der Waals surface area contributed by atoms with Crippen LogP contribution in [0.15, 0.2) is 5.51 Å². The molecule has 0 bridgehead atoms. The average molecular weight is 262 g/mol. The molecule has 2 rings (SSSR count). The lowest BCUT2D eigenvalue weighted by atomic mass is 9.97. The number of halogens is 1. The quantitative estimate of drug-likeness (QED) is 0.906. The highest BCUT2D eigenvalue weighted by atomic mass is 35.5. The van der Waals surface area contributed by atoms with E-state index in [-0.39, 0.29) is 12.4 Å². The molecule has 5 heteroatoms. The predicted molar refractivity (Wildman–Crippen MR) is 71.2 cm³/mol. The van der Waals surface area contributed by atoms with Gasteiger partial charge in [-0.1, -0.05) is 0 Å². The van der Waals surface area contributed by atoms with Crippen molar-refractivity contribution < 1.29 is 0 Å². The molecule has 1 fully saturated rings. The molecule has 92 valence electrons. The van der Waals surface area contributed by atoms with Crippen LogP contribution in [0.25, 0.3) is 0 Å². The Kier molecular flexibility index (Phi) is 5.69. The number of hydrogen-bond acceptors (Lipinski definition) is 4. The van der Waals surface area contributed by atoms with Gasteiger partial charge in [-0.2, -0.15) is 0 Å². The average Bonchev–Trinajstić information content (AvgIpc) is 2.66. The highest BCUT2D eigenvalue weighted by Gasteiger charge is 2.18. The molecule has 0 spiro atoms. The predicted octanol–water partition coefficient (Wildman–Crippen LogP) is 2.04. The van der Waals surface area contributed by atoms with Gasteiger partial charge < -0.3 is 5.73 Å². The van der Waals surface area contributed by atoms with E-state index in [0.717, 1.165) is 19.0 Å². The van der Waals surface area contributed by atoms with Crippen molar-refractivity contribution in [3.05, 3.63) is 16.1 Å². The molecular formula is C11H20ClN3S. The van der Waals surface area contributed by atoms with Gasteiger partial charge in [0.1, 0.15) is 0 Å². The maximum Gasteiger partial charge on any atom is 0.0798 e. The number of thiazole rings is 1. The summed E-state index contributed by atoms with van der Waals surface area (Å²) in [4.78, 5) is 8.22. The van der Waals surface area contributed by atoms with E-state index >= 15 is 0 Å². The van der Waals surface area contributed by atoms with Crippen molar-refractivity contribution in [2.75, 3.05) is 19.6 Å². The Hall–Kier alpha value is -0.160. The molecule has 0 aromatic carbocycles. The van der Waals surface area contributed by atoms with Crippen LogP contribution in [0.3, 0.4) is 0 Å². The standard InChI is InChI=1S/C11H19N3S.ClH/c1-9-11(15-8-13-9)7-14-4-2-10(6-12)3-5-14;/h8,10H,2-7,12H2,1H3;1H. The summed E-state index contributed by atoms with van der Waals surface area (Å²) in [6.45, 7) is 6.41. The fourth-order valence-electron chi connectivity index (χ4n) is 2.06. The van der Waals surface area contributed by atoms with Crippen LogP contribution in [-0.2, 0) is 6.54 Å². The Bertz CT molecular complexity index is 308. The van der Waals surface area contributed by atoms with Crippen LogP contribution in [0.1, 0.15) is 23.4 Å². The van der Waals surface area contributed by atoms with E-state index < -0.39 is 0 Å². The minimum atomic E-state index is 0. The van der Waals surface area contributed by atoms with Gasteiger partial charge in [0.05, 0.1) is 11.2 Å². The van der Waals surface area contributed by atoms with Crippen molar-refractivity contribution in [2.45, 2.75) is 26.3 Å². The van der Waals surface area contributed by atoms with E-state index in [9.17, 15) is 0 Å². The number of aryl methyl sites for hydroxylation is 1. The van der Waals surface area contributed by atoms with Crippen molar-refractivity contribution in [3.63, 3.8) is 0 Å². The molecule has 0 aliphatic carbocycles. The maximum atomic E-state index is 5.68. The lowest BCUT2D eigenvalue weighted by Gasteiger charge is -2.30. The summed E-state index contributed by atoms with van der Waals surface area (Å²) in [6, 6.07) is 0. The zero-order valence-corrected chi connectivity index (χ0v) is 11.3. The molecule has 3 nitrogen and oxygen atoms in total. The largest absolute Gasteiger partial charge is 0.330 e. The molecule has 1 aliphatic heterocycles. The Balaban J connectivity index is 0.00000128. The highest BCUT2D eigenvalue weighted by molar-refractivity contribution is 7.09. The SMILES string of the molecule is Cc1ncsc1CN1CCC(CN)CC1.Cl. The van der Waals surface area contributed by atoms with E-state index in [4.69, 9.17) is 5.73 Å². The van der Waals surface area contributed by atoms with Gasteiger partial charge in [-0.3, -0.25) is 4.90 Å². The van der Waals surface area contributed by atoms with Crippen LogP contribution in [-0.4, -0.2) is 29.5 Å². The van der Waals surface area contributed by atoms with E-state index in [1.165, 1.54) is 36.5 Å². The summed E-state index contributed by atoms with van der Waals surface area (Å²) in [7, 11) is 0. The second kappa shape index (κ2) is 6.55. The van der Waals surface area contributed by atoms with Gasteiger partial charge in [0.2, 0.25) is 0 Å². The third-order valence-electron chi connectivity index (χ3n) is 3.25. The Morgan fingerprint density at radius 2 is 2.19 bits per heavy atom. The van der Waals surface area contributed by atoms with Crippen LogP contribution in [0.4, 0.5) is 0 Å². The molecule has 0 radical (unpaired) electrons. The van der Waals surface area contributed by atoms with Crippen LogP contribution in [0.2, 0.25) is 0 Å².